The first kappa shape index (κ1) is 20.6. The number of halogens is 2. The summed E-state index contributed by atoms with van der Waals surface area (Å²) in [6, 6.07) is 12.3. The average Bonchev–Trinajstić information content (AvgIpc) is 2.74. The number of rotatable bonds is 7. The SMILES string of the molecule is COc1cc(/C=C/C(=O)Nc2ccc(N3CCCCC3)cc2)ccc1OC(F)F. The summed E-state index contributed by atoms with van der Waals surface area (Å²) in [6.45, 7) is -0.796. The van der Waals surface area contributed by atoms with E-state index < -0.39 is 6.61 Å². The quantitative estimate of drug-likeness (QED) is 0.667. The lowest BCUT2D eigenvalue weighted by Gasteiger charge is -2.28. The third kappa shape index (κ3) is 5.94. The molecule has 0 radical (unpaired) electrons. The number of ether oxygens (including phenoxy) is 2. The molecule has 1 saturated heterocycles. The number of anilines is 2. The van der Waals surface area contributed by atoms with Gasteiger partial charge in [0.25, 0.3) is 0 Å². The number of amides is 1. The second kappa shape index (κ2) is 9.91. The lowest BCUT2D eigenvalue weighted by Crippen LogP contribution is -2.29. The molecular weight excluding hydrogens is 378 g/mol. The van der Waals surface area contributed by atoms with E-state index in [-0.39, 0.29) is 17.4 Å². The van der Waals surface area contributed by atoms with Crippen molar-refractivity contribution in [2.45, 2.75) is 25.9 Å². The van der Waals surface area contributed by atoms with Gasteiger partial charge in [-0.25, -0.2) is 0 Å². The molecule has 5 nitrogen and oxygen atoms in total. The number of nitrogens with one attached hydrogen (secondary N) is 1. The molecule has 1 aliphatic rings. The molecule has 0 atom stereocenters. The van der Waals surface area contributed by atoms with Gasteiger partial charge in [0.05, 0.1) is 7.11 Å². The standard InChI is InChI=1S/C22H24F2N2O3/c1-28-20-15-16(5-11-19(20)29-22(23)24)6-12-21(27)25-17-7-9-18(10-8-17)26-13-3-2-4-14-26/h5-12,15,22H,2-4,13-14H2,1H3,(H,25,27)/b12-6+. The van der Waals surface area contributed by atoms with E-state index in [2.05, 4.69) is 15.0 Å². The first-order valence-corrected chi connectivity index (χ1v) is 9.52. The summed E-state index contributed by atoms with van der Waals surface area (Å²) in [5.41, 5.74) is 2.49. The summed E-state index contributed by atoms with van der Waals surface area (Å²) in [4.78, 5) is 14.5. The Kier molecular flexibility index (Phi) is 7.05. The fourth-order valence-corrected chi connectivity index (χ4v) is 3.24. The van der Waals surface area contributed by atoms with E-state index in [1.165, 1.54) is 44.6 Å². The van der Waals surface area contributed by atoms with Crippen molar-refractivity contribution in [3.8, 4) is 11.5 Å². The maximum atomic E-state index is 12.4. The summed E-state index contributed by atoms with van der Waals surface area (Å²) in [5.74, 6) is -0.179. The van der Waals surface area contributed by atoms with E-state index >= 15 is 0 Å². The van der Waals surface area contributed by atoms with E-state index in [4.69, 9.17) is 4.74 Å². The van der Waals surface area contributed by atoms with Gasteiger partial charge in [0, 0.05) is 30.5 Å². The van der Waals surface area contributed by atoms with E-state index in [9.17, 15) is 13.6 Å². The average molecular weight is 402 g/mol. The number of alkyl halides is 2. The monoisotopic (exact) mass is 402 g/mol. The van der Waals surface area contributed by atoms with Crippen LogP contribution in [0.3, 0.4) is 0 Å². The normalized spacial score (nSPS) is 14.3. The Balaban J connectivity index is 1.59. The highest BCUT2D eigenvalue weighted by atomic mass is 19.3. The zero-order valence-electron chi connectivity index (χ0n) is 16.2. The van der Waals surface area contributed by atoms with Crippen LogP contribution >= 0.6 is 0 Å². The van der Waals surface area contributed by atoms with Crippen LogP contribution in [0.2, 0.25) is 0 Å². The van der Waals surface area contributed by atoms with Crippen molar-refractivity contribution in [1.82, 2.24) is 0 Å². The van der Waals surface area contributed by atoms with Crippen LogP contribution in [0, 0.1) is 0 Å². The molecule has 1 heterocycles. The highest BCUT2D eigenvalue weighted by Gasteiger charge is 2.11. The van der Waals surface area contributed by atoms with Gasteiger partial charge in [0.2, 0.25) is 5.91 Å². The van der Waals surface area contributed by atoms with Gasteiger partial charge in [-0.15, -0.1) is 0 Å². The van der Waals surface area contributed by atoms with Gasteiger partial charge in [-0.2, -0.15) is 8.78 Å². The minimum absolute atomic E-state index is 0.0575. The first-order valence-electron chi connectivity index (χ1n) is 9.52. The van der Waals surface area contributed by atoms with Gasteiger partial charge in [-0.3, -0.25) is 4.79 Å². The number of methoxy groups -OCH3 is 1. The number of hydrogen-bond donors (Lipinski definition) is 1. The van der Waals surface area contributed by atoms with Crippen LogP contribution in [-0.2, 0) is 4.79 Å². The molecule has 0 unspecified atom stereocenters. The van der Waals surface area contributed by atoms with Crippen LogP contribution in [-0.4, -0.2) is 32.7 Å². The summed E-state index contributed by atoms with van der Waals surface area (Å²) in [5, 5.41) is 2.81. The van der Waals surface area contributed by atoms with Crippen molar-refractivity contribution >= 4 is 23.4 Å². The molecule has 0 bridgehead atoms. The number of carbonyl (C=O) groups excluding carboxylic acids is 1. The Hall–Kier alpha value is -3.09. The molecule has 1 N–H and O–H groups in total. The number of carbonyl (C=O) groups is 1. The number of nitrogens with zero attached hydrogens (tertiary/aromatic N) is 1. The molecule has 0 aromatic heterocycles. The molecule has 2 aromatic carbocycles. The van der Waals surface area contributed by atoms with Crippen LogP contribution in [0.25, 0.3) is 6.08 Å². The molecule has 7 heteroatoms. The van der Waals surface area contributed by atoms with Crippen LogP contribution in [0.1, 0.15) is 24.8 Å². The Morgan fingerprint density at radius 2 is 1.79 bits per heavy atom. The molecule has 1 aliphatic heterocycles. The summed E-state index contributed by atoms with van der Waals surface area (Å²) < 4.78 is 34.2. The zero-order chi connectivity index (χ0) is 20.6. The van der Waals surface area contributed by atoms with Crippen molar-refractivity contribution < 1.29 is 23.0 Å². The summed E-state index contributed by atoms with van der Waals surface area (Å²) >= 11 is 0. The Labute approximate surface area is 168 Å². The second-order valence-corrected chi connectivity index (χ2v) is 6.71. The second-order valence-electron chi connectivity index (χ2n) is 6.71. The molecule has 1 fully saturated rings. The minimum atomic E-state index is -2.93. The molecule has 3 rings (SSSR count). The third-order valence-electron chi connectivity index (χ3n) is 4.69. The van der Waals surface area contributed by atoms with Crippen LogP contribution in [0.4, 0.5) is 20.2 Å². The summed E-state index contributed by atoms with van der Waals surface area (Å²) in [7, 11) is 1.36. The van der Waals surface area contributed by atoms with E-state index in [1.807, 2.05) is 24.3 Å². The highest BCUT2D eigenvalue weighted by molar-refractivity contribution is 6.02. The number of piperidine rings is 1. The minimum Gasteiger partial charge on any atom is -0.493 e. The number of benzene rings is 2. The van der Waals surface area contributed by atoms with Gasteiger partial charge in [-0.1, -0.05) is 6.07 Å². The van der Waals surface area contributed by atoms with E-state index in [0.29, 0.717) is 11.3 Å². The van der Waals surface area contributed by atoms with Gasteiger partial charge < -0.3 is 19.7 Å². The fraction of sp³-hybridized carbons (Fsp3) is 0.318. The van der Waals surface area contributed by atoms with Gasteiger partial charge in [0.15, 0.2) is 11.5 Å². The van der Waals surface area contributed by atoms with E-state index in [0.717, 1.165) is 18.8 Å². The van der Waals surface area contributed by atoms with Crippen molar-refractivity contribution in [1.29, 1.82) is 0 Å². The van der Waals surface area contributed by atoms with Crippen molar-refractivity contribution in [3.05, 3.63) is 54.1 Å². The van der Waals surface area contributed by atoms with E-state index in [1.54, 1.807) is 12.1 Å². The third-order valence-corrected chi connectivity index (χ3v) is 4.69. The Morgan fingerprint density at radius 3 is 2.45 bits per heavy atom. The van der Waals surface area contributed by atoms with Gasteiger partial charge in [0.1, 0.15) is 0 Å². The zero-order valence-corrected chi connectivity index (χ0v) is 16.2. The van der Waals surface area contributed by atoms with Gasteiger partial charge >= 0.3 is 6.61 Å². The highest BCUT2D eigenvalue weighted by Crippen LogP contribution is 2.30. The number of hydrogen-bond acceptors (Lipinski definition) is 4. The van der Waals surface area contributed by atoms with Gasteiger partial charge in [-0.05, 0) is 67.3 Å². The van der Waals surface area contributed by atoms with Crippen molar-refractivity contribution in [2.24, 2.45) is 0 Å². The molecule has 154 valence electrons. The smallest absolute Gasteiger partial charge is 0.387 e. The molecular formula is C22H24F2N2O3. The molecule has 2 aromatic rings. The lowest BCUT2D eigenvalue weighted by molar-refractivity contribution is -0.111. The predicted molar refractivity (Wildman–Crippen MR) is 110 cm³/mol. The Morgan fingerprint density at radius 1 is 1.07 bits per heavy atom. The lowest BCUT2D eigenvalue weighted by atomic mass is 10.1. The first-order chi connectivity index (χ1) is 14.0. The predicted octanol–water partition coefficient (Wildman–Crippen LogP) is 4.94. The molecule has 29 heavy (non-hydrogen) atoms. The van der Waals surface area contributed by atoms with Crippen LogP contribution in [0.15, 0.2) is 48.5 Å². The molecule has 1 amide bonds. The van der Waals surface area contributed by atoms with Crippen LogP contribution < -0.4 is 19.7 Å². The Bertz CT molecular complexity index is 848. The molecule has 0 aliphatic carbocycles. The maximum Gasteiger partial charge on any atom is 0.387 e. The van der Waals surface area contributed by atoms with Crippen molar-refractivity contribution in [3.63, 3.8) is 0 Å². The molecule has 0 saturated carbocycles. The molecule has 0 spiro atoms. The van der Waals surface area contributed by atoms with Crippen molar-refractivity contribution in [2.75, 3.05) is 30.4 Å². The largest absolute Gasteiger partial charge is 0.493 e. The maximum absolute atomic E-state index is 12.4. The topological polar surface area (TPSA) is 50.8 Å². The van der Waals surface area contributed by atoms with Crippen LogP contribution in [0.5, 0.6) is 11.5 Å². The summed E-state index contributed by atoms with van der Waals surface area (Å²) in [6.07, 6.45) is 6.66. The fourth-order valence-electron chi connectivity index (χ4n) is 3.24.